The fraction of sp³-hybridized carbons (Fsp3) is 0.600. The lowest BCUT2D eigenvalue weighted by Crippen LogP contribution is -2.02. The van der Waals surface area contributed by atoms with Crippen LogP contribution in [-0.2, 0) is 12.8 Å². The van der Waals surface area contributed by atoms with E-state index in [4.69, 9.17) is 10.2 Å². The summed E-state index contributed by atoms with van der Waals surface area (Å²) in [6, 6.07) is 0. The van der Waals surface area contributed by atoms with Crippen LogP contribution in [0.5, 0.6) is 0 Å². The molecule has 0 spiro atoms. The zero-order valence-corrected chi connectivity index (χ0v) is 15.9. The number of nitrogens with one attached hydrogen (secondary N) is 2. The van der Waals surface area contributed by atoms with Gasteiger partial charge in [-0.1, -0.05) is 26.7 Å². The molecule has 0 aromatic carbocycles. The fourth-order valence-corrected chi connectivity index (χ4v) is 5.96. The second-order valence-electron chi connectivity index (χ2n) is 8.47. The third-order valence-electron chi connectivity index (χ3n) is 7.36. The number of carboxylic acid groups (broad SMARTS) is 2. The molecule has 0 amide bonds. The third-order valence-corrected chi connectivity index (χ3v) is 7.36. The van der Waals surface area contributed by atoms with Crippen LogP contribution in [0.3, 0.4) is 0 Å². The molecular weight excluding hydrogens is 360 g/mol. The summed E-state index contributed by atoms with van der Waals surface area (Å²) in [5, 5.41) is 31.3. The Morgan fingerprint density at radius 1 is 0.857 bits per heavy atom. The van der Waals surface area contributed by atoms with Crippen LogP contribution in [0.2, 0.25) is 0 Å². The minimum atomic E-state index is -0.906. The maximum atomic E-state index is 10.8. The number of fused-ring (bicyclic) bond motifs is 6. The van der Waals surface area contributed by atoms with Gasteiger partial charge in [-0.3, -0.25) is 10.2 Å². The zero-order chi connectivity index (χ0) is 19.7. The molecule has 4 aliphatic carbocycles. The summed E-state index contributed by atoms with van der Waals surface area (Å²) in [5.41, 5.74) is 4.58. The number of H-pyrrole nitrogens is 2. The summed E-state index contributed by atoms with van der Waals surface area (Å²) >= 11 is 0. The van der Waals surface area contributed by atoms with Gasteiger partial charge in [0.15, 0.2) is 11.4 Å². The first-order valence-electron chi connectivity index (χ1n) is 10.1. The van der Waals surface area contributed by atoms with Gasteiger partial charge in [0.25, 0.3) is 0 Å². The molecule has 6 atom stereocenters. The minimum Gasteiger partial charge on any atom is -0.476 e. The molecule has 8 heteroatoms. The van der Waals surface area contributed by atoms with Crippen molar-refractivity contribution in [2.24, 2.45) is 23.7 Å². The summed E-state index contributed by atoms with van der Waals surface area (Å²) in [6.07, 6.45) is 4.21. The monoisotopic (exact) mass is 384 g/mol. The molecule has 4 N–H and O–H groups in total. The van der Waals surface area contributed by atoms with Crippen molar-refractivity contribution >= 4 is 11.9 Å². The maximum absolute atomic E-state index is 10.8. The van der Waals surface area contributed by atoms with Crippen molar-refractivity contribution in [2.75, 3.05) is 0 Å². The van der Waals surface area contributed by atoms with Crippen LogP contribution in [0.1, 0.15) is 82.0 Å². The van der Waals surface area contributed by atoms with E-state index in [-0.39, 0.29) is 11.4 Å². The Morgan fingerprint density at radius 2 is 1.25 bits per heavy atom. The van der Waals surface area contributed by atoms with Gasteiger partial charge in [0.05, 0.1) is 0 Å². The molecule has 2 heterocycles. The average Bonchev–Trinajstić information content (AvgIpc) is 3.14. The molecule has 0 bridgehead atoms. The molecular formula is C20H24N4O4. The highest BCUT2D eigenvalue weighted by atomic mass is 16.4. The van der Waals surface area contributed by atoms with E-state index in [0.717, 1.165) is 47.2 Å². The van der Waals surface area contributed by atoms with Crippen LogP contribution in [0.4, 0.5) is 0 Å². The number of aromatic amines is 2. The number of aromatic nitrogens is 4. The van der Waals surface area contributed by atoms with E-state index in [1.807, 2.05) is 0 Å². The molecule has 0 aliphatic heterocycles. The van der Waals surface area contributed by atoms with Crippen LogP contribution in [-0.4, -0.2) is 42.5 Å². The second kappa shape index (κ2) is 5.93. The smallest absolute Gasteiger partial charge is 0.356 e. The van der Waals surface area contributed by atoms with Gasteiger partial charge in [0.1, 0.15) is 0 Å². The van der Waals surface area contributed by atoms with E-state index in [0.29, 0.717) is 23.7 Å². The quantitative estimate of drug-likeness (QED) is 0.641. The Bertz CT molecular complexity index is 899. The highest BCUT2D eigenvalue weighted by molar-refractivity contribution is 5.88. The summed E-state index contributed by atoms with van der Waals surface area (Å²) < 4.78 is 0. The fourth-order valence-electron chi connectivity index (χ4n) is 5.96. The molecule has 2 fully saturated rings. The van der Waals surface area contributed by atoms with Gasteiger partial charge < -0.3 is 10.2 Å². The Labute approximate surface area is 161 Å². The van der Waals surface area contributed by atoms with Gasteiger partial charge in [-0.05, 0) is 36.5 Å². The summed E-state index contributed by atoms with van der Waals surface area (Å²) in [6.45, 7) is 4.38. The van der Waals surface area contributed by atoms with E-state index in [1.54, 1.807) is 0 Å². The van der Waals surface area contributed by atoms with Gasteiger partial charge in [0, 0.05) is 34.4 Å². The molecule has 8 nitrogen and oxygen atoms in total. The first kappa shape index (κ1) is 17.5. The predicted octanol–water partition coefficient (Wildman–Crippen LogP) is 2.81. The van der Waals surface area contributed by atoms with Crippen LogP contribution in [0.25, 0.3) is 0 Å². The first-order valence-corrected chi connectivity index (χ1v) is 10.1. The minimum absolute atomic E-state index is 0.238. The van der Waals surface area contributed by atoms with Crippen molar-refractivity contribution in [3.8, 4) is 0 Å². The van der Waals surface area contributed by atoms with E-state index in [2.05, 4.69) is 34.2 Å². The normalized spacial score (nSPS) is 32.5. The van der Waals surface area contributed by atoms with Crippen molar-refractivity contribution in [2.45, 2.75) is 51.4 Å². The van der Waals surface area contributed by atoms with Crippen molar-refractivity contribution in [3.63, 3.8) is 0 Å². The predicted molar refractivity (Wildman–Crippen MR) is 98.5 cm³/mol. The lowest BCUT2D eigenvalue weighted by molar-refractivity contribution is 0.0678. The molecule has 148 valence electrons. The highest BCUT2D eigenvalue weighted by Crippen LogP contribution is 2.63. The molecule has 0 radical (unpaired) electrons. The summed E-state index contributed by atoms with van der Waals surface area (Å²) in [4.78, 5) is 21.6. The number of rotatable bonds is 4. The van der Waals surface area contributed by atoms with Gasteiger partial charge in [-0.2, -0.15) is 10.2 Å². The second-order valence-corrected chi connectivity index (χ2v) is 8.47. The van der Waals surface area contributed by atoms with E-state index in [1.165, 1.54) is 12.8 Å². The van der Waals surface area contributed by atoms with Crippen LogP contribution in [0.15, 0.2) is 0 Å². The van der Waals surface area contributed by atoms with Gasteiger partial charge >= 0.3 is 11.9 Å². The maximum Gasteiger partial charge on any atom is 0.356 e. The van der Waals surface area contributed by atoms with Crippen LogP contribution in [0, 0.1) is 23.7 Å². The number of hydrogen-bond acceptors (Lipinski definition) is 4. The largest absolute Gasteiger partial charge is 0.476 e. The van der Waals surface area contributed by atoms with Crippen molar-refractivity contribution in [1.29, 1.82) is 0 Å². The number of nitrogens with zero attached hydrogens (tertiary/aromatic N) is 2. The van der Waals surface area contributed by atoms with Crippen molar-refractivity contribution in [3.05, 3.63) is 33.9 Å². The SMILES string of the molecule is CC[C@@H]1[C@@H]2Cc3c(C(=O)O)n[nH]c3[C@H]12.CC[C@H]1[C@@H]2Cc3c(C(=O)O)n[nH]c3[C@H]12. The van der Waals surface area contributed by atoms with Crippen molar-refractivity contribution in [1.82, 2.24) is 20.4 Å². The molecule has 0 saturated heterocycles. The molecule has 2 aromatic heterocycles. The lowest BCUT2D eigenvalue weighted by atomic mass is 10.1. The van der Waals surface area contributed by atoms with E-state index < -0.39 is 11.9 Å². The summed E-state index contributed by atoms with van der Waals surface area (Å²) in [5.74, 6) is 2.28. The molecule has 6 rings (SSSR count). The Kier molecular flexibility index (Phi) is 3.70. The van der Waals surface area contributed by atoms with Crippen molar-refractivity contribution < 1.29 is 19.8 Å². The first-order chi connectivity index (χ1) is 13.5. The molecule has 4 aliphatic rings. The van der Waals surface area contributed by atoms with Crippen LogP contribution >= 0.6 is 0 Å². The highest BCUT2D eigenvalue weighted by Gasteiger charge is 2.57. The van der Waals surface area contributed by atoms with Gasteiger partial charge in [-0.15, -0.1) is 0 Å². The van der Waals surface area contributed by atoms with Gasteiger partial charge in [-0.25, -0.2) is 9.59 Å². The Balaban J connectivity index is 0.000000122. The number of hydrogen-bond donors (Lipinski definition) is 4. The summed E-state index contributed by atoms with van der Waals surface area (Å²) in [7, 11) is 0. The standard InChI is InChI=1S/2C10H12N2O2/c2*1-2-4-5-3-6-8(7(4)5)11-12-9(6)10(13)14/h2*4-5,7H,2-3H2,1H3,(H,11,12)(H,13,14)/t4-,5+,7-;4-,5-,7+/m10/s1. The van der Waals surface area contributed by atoms with Crippen LogP contribution < -0.4 is 0 Å². The van der Waals surface area contributed by atoms with E-state index >= 15 is 0 Å². The molecule has 2 saturated carbocycles. The Hall–Kier alpha value is -2.64. The lowest BCUT2D eigenvalue weighted by Gasteiger charge is -1.99. The Morgan fingerprint density at radius 3 is 1.57 bits per heavy atom. The number of carboxylic acids is 2. The third kappa shape index (κ3) is 2.29. The van der Waals surface area contributed by atoms with E-state index in [9.17, 15) is 9.59 Å². The average molecular weight is 384 g/mol. The number of aromatic carboxylic acids is 2. The zero-order valence-electron chi connectivity index (χ0n) is 15.9. The molecule has 2 aromatic rings. The molecule has 28 heavy (non-hydrogen) atoms. The number of carbonyl (C=O) groups is 2. The van der Waals surface area contributed by atoms with Gasteiger partial charge in [0.2, 0.25) is 0 Å². The topological polar surface area (TPSA) is 132 Å². The molecule has 0 unspecified atom stereocenters.